The molecule has 1 N–H and O–H groups in total. The second kappa shape index (κ2) is 4.78. The molecule has 0 fully saturated rings. The summed E-state index contributed by atoms with van der Waals surface area (Å²) in [6, 6.07) is 15.3. The summed E-state index contributed by atoms with van der Waals surface area (Å²) >= 11 is 1.63. The SMILES string of the molecule is CC(Nc1nccs1)c1ccc2ccccc2c1. The van der Waals surface area contributed by atoms with Crippen molar-refractivity contribution in [3.63, 3.8) is 0 Å². The third-order valence-corrected chi connectivity index (χ3v) is 3.75. The molecular formula is C15H14N2S. The molecular weight excluding hydrogens is 240 g/mol. The number of nitrogens with one attached hydrogen (secondary N) is 1. The summed E-state index contributed by atoms with van der Waals surface area (Å²) in [5.41, 5.74) is 1.28. The van der Waals surface area contributed by atoms with Gasteiger partial charge in [-0.2, -0.15) is 0 Å². The van der Waals surface area contributed by atoms with Gasteiger partial charge in [-0.25, -0.2) is 4.98 Å². The van der Waals surface area contributed by atoms with Crippen LogP contribution in [-0.4, -0.2) is 4.98 Å². The molecule has 0 spiro atoms. The van der Waals surface area contributed by atoms with Gasteiger partial charge in [-0.05, 0) is 29.3 Å². The fraction of sp³-hybridized carbons (Fsp3) is 0.133. The van der Waals surface area contributed by atoms with Gasteiger partial charge in [0.15, 0.2) is 5.13 Å². The second-order valence-electron chi connectivity index (χ2n) is 4.31. The van der Waals surface area contributed by atoms with Crippen LogP contribution >= 0.6 is 11.3 Å². The number of aromatic nitrogens is 1. The Balaban J connectivity index is 1.89. The van der Waals surface area contributed by atoms with Gasteiger partial charge in [0.2, 0.25) is 0 Å². The third-order valence-electron chi connectivity index (χ3n) is 3.05. The lowest BCUT2D eigenvalue weighted by atomic mass is 10.0. The van der Waals surface area contributed by atoms with Crippen molar-refractivity contribution in [3.05, 3.63) is 59.6 Å². The van der Waals surface area contributed by atoms with E-state index < -0.39 is 0 Å². The van der Waals surface area contributed by atoms with Crippen LogP contribution in [0.1, 0.15) is 18.5 Å². The molecule has 0 saturated heterocycles. The molecule has 1 heterocycles. The first kappa shape index (κ1) is 11.2. The predicted molar refractivity (Wildman–Crippen MR) is 78.1 cm³/mol. The monoisotopic (exact) mass is 254 g/mol. The van der Waals surface area contributed by atoms with Crippen molar-refractivity contribution in [2.75, 3.05) is 5.32 Å². The van der Waals surface area contributed by atoms with Gasteiger partial charge >= 0.3 is 0 Å². The fourth-order valence-electron chi connectivity index (χ4n) is 2.04. The maximum atomic E-state index is 4.25. The highest BCUT2D eigenvalue weighted by atomic mass is 32.1. The number of benzene rings is 2. The lowest BCUT2D eigenvalue weighted by molar-refractivity contribution is 0.884. The number of anilines is 1. The molecule has 2 nitrogen and oxygen atoms in total. The largest absolute Gasteiger partial charge is 0.355 e. The van der Waals surface area contributed by atoms with Crippen molar-refractivity contribution >= 4 is 27.2 Å². The Morgan fingerprint density at radius 2 is 1.94 bits per heavy atom. The van der Waals surface area contributed by atoms with E-state index in [4.69, 9.17) is 0 Å². The number of rotatable bonds is 3. The van der Waals surface area contributed by atoms with E-state index in [2.05, 4.69) is 59.7 Å². The summed E-state index contributed by atoms with van der Waals surface area (Å²) in [5.74, 6) is 0. The number of thiazole rings is 1. The van der Waals surface area contributed by atoms with Crippen LogP contribution in [0, 0.1) is 0 Å². The van der Waals surface area contributed by atoms with Gasteiger partial charge < -0.3 is 5.32 Å². The average Bonchev–Trinajstić information content (AvgIpc) is 2.91. The van der Waals surface area contributed by atoms with Crippen LogP contribution in [0.25, 0.3) is 10.8 Å². The summed E-state index contributed by atoms with van der Waals surface area (Å²) in [4.78, 5) is 4.25. The molecule has 0 aliphatic rings. The van der Waals surface area contributed by atoms with E-state index in [0.29, 0.717) is 0 Å². The number of nitrogens with zero attached hydrogens (tertiary/aromatic N) is 1. The van der Waals surface area contributed by atoms with E-state index in [9.17, 15) is 0 Å². The molecule has 1 unspecified atom stereocenters. The van der Waals surface area contributed by atoms with Crippen molar-refractivity contribution < 1.29 is 0 Å². The van der Waals surface area contributed by atoms with E-state index in [-0.39, 0.29) is 6.04 Å². The Morgan fingerprint density at radius 3 is 2.72 bits per heavy atom. The van der Waals surface area contributed by atoms with Gasteiger partial charge in [-0.3, -0.25) is 0 Å². The molecule has 1 aromatic heterocycles. The van der Waals surface area contributed by atoms with E-state index in [1.165, 1.54) is 16.3 Å². The maximum Gasteiger partial charge on any atom is 0.183 e. The lowest BCUT2D eigenvalue weighted by Crippen LogP contribution is -2.05. The van der Waals surface area contributed by atoms with Crippen LogP contribution in [-0.2, 0) is 0 Å². The standard InChI is InChI=1S/C15H14N2S/c1-11(17-15-16-8-9-18-15)13-7-6-12-4-2-3-5-14(12)10-13/h2-11H,1H3,(H,16,17). The molecule has 0 radical (unpaired) electrons. The molecule has 0 bridgehead atoms. The molecule has 3 heteroatoms. The van der Waals surface area contributed by atoms with Gasteiger partial charge in [0.1, 0.15) is 0 Å². The topological polar surface area (TPSA) is 24.9 Å². The van der Waals surface area contributed by atoms with Crippen molar-refractivity contribution in [2.24, 2.45) is 0 Å². The molecule has 3 aromatic rings. The van der Waals surface area contributed by atoms with E-state index in [1.54, 1.807) is 11.3 Å². The molecule has 0 saturated carbocycles. The van der Waals surface area contributed by atoms with E-state index >= 15 is 0 Å². The highest BCUT2D eigenvalue weighted by Crippen LogP contribution is 2.24. The Bertz CT molecular complexity index is 646. The van der Waals surface area contributed by atoms with Crippen molar-refractivity contribution in [3.8, 4) is 0 Å². The first-order valence-corrected chi connectivity index (χ1v) is 6.85. The molecule has 0 amide bonds. The summed E-state index contributed by atoms with van der Waals surface area (Å²) in [6.07, 6.45) is 1.82. The van der Waals surface area contributed by atoms with E-state index in [0.717, 1.165) is 5.13 Å². The molecule has 90 valence electrons. The number of fused-ring (bicyclic) bond motifs is 1. The molecule has 0 aliphatic carbocycles. The lowest BCUT2D eigenvalue weighted by Gasteiger charge is -2.14. The Morgan fingerprint density at radius 1 is 1.11 bits per heavy atom. The van der Waals surface area contributed by atoms with Gasteiger partial charge in [0.05, 0.1) is 6.04 Å². The highest BCUT2D eigenvalue weighted by Gasteiger charge is 2.07. The fourth-order valence-corrected chi connectivity index (χ4v) is 2.66. The minimum Gasteiger partial charge on any atom is -0.355 e. The Kier molecular flexibility index (Phi) is 2.99. The Hall–Kier alpha value is -1.87. The zero-order valence-electron chi connectivity index (χ0n) is 10.1. The first-order valence-electron chi connectivity index (χ1n) is 5.98. The zero-order valence-corrected chi connectivity index (χ0v) is 10.9. The number of hydrogen-bond acceptors (Lipinski definition) is 3. The van der Waals surface area contributed by atoms with Crippen molar-refractivity contribution in [1.82, 2.24) is 4.98 Å². The number of hydrogen-bond donors (Lipinski definition) is 1. The van der Waals surface area contributed by atoms with Crippen LogP contribution in [0.15, 0.2) is 54.0 Å². The zero-order chi connectivity index (χ0) is 12.4. The summed E-state index contributed by atoms with van der Waals surface area (Å²) in [6.45, 7) is 2.16. The van der Waals surface area contributed by atoms with Crippen molar-refractivity contribution in [2.45, 2.75) is 13.0 Å². The highest BCUT2D eigenvalue weighted by molar-refractivity contribution is 7.13. The maximum absolute atomic E-state index is 4.25. The Labute approximate surface area is 110 Å². The predicted octanol–water partition coefficient (Wildman–Crippen LogP) is 4.47. The first-order chi connectivity index (χ1) is 8.83. The van der Waals surface area contributed by atoms with Crippen LogP contribution in [0.5, 0.6) is 0 Å². The van der Waals surface area contributed by atoms with Gasteiger partial charge in [-0.1, -0.05) is 36.4 Å². The van der Waals surface area contributed by atoms with E-state index in [1.807, 2.05) is 11.6 Å². The molecule has 1 atom stereocenters. The molecule has 18 heavy (non-hydrogen) atoms. The molecule has 0 aliphatic heterocycles. The van der Waals surface area contributed by atoms with Crippen LogP contribution in [0.4, 0.5) is 5.13 Å². The average molecular weight is 254 g/mol. The van der Waals surface area contributed by atoms with Gasteiger partial charge in [-0.15, -0.1) is 11.3 Å². The molecule has 3 rings (SSSR count). The quantitative estimate of drug-likeness (QED) is 0.746. The van der Waals surface area contributed by atoms with Crippen LogP contribution in [0.3, 0.4) is 0 Å². The summed E-state index contributed by atoms with van der Waals surface area (Å²) in [7, 11) is 0. The normalized spacial score (nSPS) is 12.5. The van der Waals surface area contributed by atoms with Crippen molar-refractivity contribution in [1.29, 1.82) is 0 Å². The van der Waals surface area contributed by atoms with Gasteiger partial charge in [0.25, 0.3) is 0 Å². The molecule has 2 aromatic carbocycles. The minimum atomic E-state index is 0.265. The summed E-state index contributed by atoms with van der Waals surface area (Å²) < 4.78 is 0. The third kappa shape index (κ3) is 2.22. The summed E-state index contributed by atoms with van der Waals surface area (Å²) in [5, 5.41) is 8.92. The van der Waals surface area contributed by atoms with Gasteiger partial charge in [0, 0.05) is 11.6 Å². The smallest absolute Gasteiger partial charge is 0.183 e. The minimum absolute atomic E-state index is 0.265. The van der Waals surface area contributed by atoms with Crippen LogP contribution < -0.4 is 5.32 Å². The van der Waals surface area contributed by atoms with Crippen LogP contribution in [0.2, 0.25) is 0 Å². The second-order valence-corrected chi connectivity index (χ2v) is 5.20.